The second kappa shape index (κ2) is 13.2. The molecule has 2 rings (SSSR count). The fourth-order valence-corrected chi connectivity index (χ4v) is 5.16. The Morgan fingerprint density at radius 3 is 2.09 bits per heavy atom. The van der Waals surface area contributed by atoms with Crippen molar-refractivity contribution in [2.75, 3.05) is 19.8 Å². The summed E-state index contributed by atoms with van der Waals surface area (Å²) in [5, 5.41) is 0. The van der Waals surface area contributed by atoms with Crippen LogP contribution in [-0.4, -0.2) is 19.8 Å². The van der Waals surface area contributed by atoms with Crippen LogP contribution in [-0.2, 0) is 16.6 Å². The molecule has 0 aliphatic carbocycles. The smallest absolute Gasteiger partial charge is 0.119 e. The molecule has 2 nitrogen and oxygen atoms in total. The van der Waals surface area contributed by atoms with Crippen LogP contribution in [0.15, 0.2) is 54.6 Å². The standard InChI is InChI=1S/C31H48O2/c1-8-27(23-26-14-10-9-11-15-26)25(2)13-12-20-32-21-22-33-29-18-16-28(17-19-29)31(6,7)24-30(3,4)5/h9-11,14-19,25,27H,8,12-13,20-24H2,1-7H3. The van der Waals surface area contributed by atoms with Gasteiger partial charge in [-0.3, -0.25) is 0 Å². The molecular formula is C31H48O2. The van der Waals surface area contributed by atoms with E-state index in [2.05, 4.69) is 103 Å². The van der Waals surface area contributed by atoms with Crippen molar-refractivity contribution in [3.63, 3.8) is 0 Å². The molecule has 184 valence electrons. The van der Waals surface area contributed by atoms with Gasteiger partial charge in [0, 0.05) is 6.61 Å². The molecule has 2 unspecified atom stereocenters. The lowest BCUT2D eigenvalue weighted by Crippen LogP contribution is -2.24. The molecule has 0 saturated carbocycles. The van der Waals surface area contributed by atoms with Gasteiger partial charge in [0.15, 0.2) is 0 Å². The summed E-state index contributed by atoms with van der Waals surface area (Å²) in [6, 6.07) is 19.5. The van der Waals surface area contributed by atoms with Crippen LogP contribution in [0.3, 0.4) is 0 Å². The van der Waals surface area contributed by atoms with Crippen molar-refractivity contribution < 1.29 is 9.47 Å². The van der Waals surface area contributed by atoms with Crippen molar-refractivity contribution in [3.8, 4) is 5.75 Å². The normalized spacial score (nSPS) is 14.2. The first-order chi connectivity index (χ1) is 15.6. The Labute approximate surface area is 204 Å². The van der Waals surface area contributed by atoms with Crippen LogP contribution >= 0.6 is 0 Å². The molecule has 0 heterocycles. The molecular weight excluding hydrogens is 404 g/mol. The highest BCUT2D eigenvalue weighted by atomic mass is 16.5. The van der Waals surface area contributed by atoms with Crippen LogP contribution < -0.4 is 4.74 Å². The van der Waals surface area contributed by atoms with Crippen molar-refractivity contribution in [1.29, 1.82) is 0 Å². The maximum absolute atomic E-state index is 5.90. The highest BCUT2D eigenvalue weighted by molar-refractivity contribution is 5.31. The van der Waals surface area contributed by atoms with Crippen molar-refractivity contribution in [1.82, 2.24) is 0 Å². The highest BCUT2D eigenvalue weighted by Gasteiger charge is 2.27. The second-order valence-corrected chi connectivity index (χ2v) is 11.6. The van der Waals surface area contributed by atoms with Gasteiger partial charge in [-0.1, -0.05) is 97.4 Å². The van der Waals surface area contributed by atoms with E-state index in [0.717, 1.165) is 37.0 Å². The van der Waals surface area contributed by atoms with E-state index in [0.29, 0.717) is 18.6 Å². The Morgan fingerprint density at radius 2 is 1.48 bits per heavy atom. The van der Waals surface area contributed by atoms with E-state index in [1.54, 1.807) is 0 Å². The zero-order chi connectivity index (χ0) is 24.3. The minimum Gasteiger partial charge on any atom is -0.491 e. The predicted octanol–water partition coefficient (Wildman–Crippen LogP) is 8.48. The van der Waals surface area contributed by atoms with Gasteiger partial charge in [-0.25, -0.2) is 0 Å². The van der Waals surface area contributed by atoms with Gasteiger partial charge in [0.1, 0.15) is 12.4 Å². The SMILES string of the molecule is CCC(Cc1ccccc1)C(C)CCCOCCOc1ccc(C(C)(C)CC(C)(C)C)cc1. The third-order valence-corrected chi connectivity index (χ3v) is 6.72. The molecule has 0 radical (unpaired) electrons. The lowest BCUT2D eigenvalue weighted by atomic mass is 9.72. The highest BCUT2D eigenvalue weighted by Crippen LogP contribution is 2.36. The Hall–Kier alpha value is -1.80. The lowest BCUT2D eigenvalue weighted by Gasteiger charge is -2.33. The Morgan fingerprint density at radius 1 is 0.818 bits per heavy atom. The van der Waals surface area contributed by atoms with E-state index in [1.807, 2.05) is 0 Å². The molecule has 2 aromatic carbocycles. The first-order valence-electron chi connectivity index (χ1n) is 13.0. The van der Waals surface area contributed by atoms with E-state index >= 15 is 0 Å². The van der Waals surface area contributed by atoms with Gasteiger partial charge in [-0.05, 0) is 71.6 Å². The van der Waals surface area contributed by atoms with E-state index < -0.39 is 0 Å². The zero-order valence-electron chi connectivity index (χ0n) is 22.3. The zero-order valence-corrected chi connectivity index (χ0v) is 22.3. The fourth-order valence-electron chi connectivity index (χ4n) is 5.16. The van der Waals surface area contributed by atoms with Crippen molar-refractivity contribution >= 4 is 0 Å². The minimum atomic E-state index is 0.162. The molecule has 2 aromatic rings. The summed E-state index contributed by atoms with van der Waals surface area (Å²) in [4.78, 5) is 0. The maximum atomic E-state index is 5.90. The Kier molecular flexibility index (Phi) is 11.0. The van der Waals surface area contributed by atoms with E-state index in [1.165, 1.54) is 30.4 Å². The Bertz CT molecular complexity index is 771. The van der Waals surface area contributed by atoms with Gasteiger partial charge in [0.25, 0.3) is 0 Å². The average Bonchev–Trinajstić information content (AvgIpc) is 2.76. The van der Waals surface area contributed by atoms with Gasteiger partial charge in [-0.2, -0.15) is 0 Å². The molecule has 0 aliphatic heterocycles. The first kappa shape index (κ1) is 27.4. The third-order valence-electron chi connectivity index (χ3n) is 6.72. The fraction of sp³-hybridized carbons (Fsp3) is 0.613. The van der Waals surface area contributed by atoms with Crippen molar-refractivity contribution in [3.05, 3.63) is 65.7 Å². The maximum Gasteiger partial charge on any atom is 0.119 e. The van der Waals surface area contributed by atoms with Crippen LogP contribution in [0, 0.1) is 17.3 Å². The van der Waals surface area contributed by atoms with E-state index in [4.69, 9.17) is 9.47 Å². The van der Waals surface area contributed by atoms with E-state index in [-0.39, 0.29) is 5.41 Å². The van der Waals surface area contributed by atoms with Crippen LogP contribution in [0.4, 0.5) is 0 Å². The number of ether oxygens (including phenoxy) is 2. The van der Waals surface area contributed by atoms with Crippen molar-refractivity contribution in [2.24, 2.45) is 17.3 Å². The summed E-state index contributed by atoms with van der Waals surface area (Å²) in [7, 11) is 0. The lowest BCUT2D eigenvalue weighted by molar-refractivity contribution is 0.0934. The molecule has 0 aliphatic rings. The van der Waals surface area contributed by atoms with E-state index in [9.17, 15) is 0 Å². The summed E-state index contributed by atoms with van der Waals surface area (Å²) in [6.07, 6.45) is 5.90. The molecule has 0 bridgehead atoms. The van der Waals surface area contributed by atoms with Gasteiger partial charge >= 0.3 is 0 Å². The van der Waals surface area contributed by atoms with Gasteiger partial charge in [0.05, 0.1) is 6.61 Å². The van der Waals surface area contributed by atoms with Crippen molar-refractivity contribution in [2.45, 2.75) is 86.0 Å². The molecule has 2 heteroatoms. The monoisotopic (exact) mass is 452 g/mol. The number of rotatable bonds is 14. The summed E-state index contributed by atoms with van der Waals surface area (Å²) in [6.45, 7) is 18.3. The summed E-state index contributed by atoms with van der Waals surface area (Å²) < 4.78 is 11.7. The van der Waals surface area contributed by atoms with Crippen LogP contribution in [0.5, 0.6) is 5.75 Å². The molecule has 33 heavy (non-hydrogen) atoms. The number of benzene rings is 2. The predicted molar refractivity (Wildman–Crippen MR) is 142 cm³/mol. The third kappa shape index (κ3) is 10.3. The van der Waals surface area contributed by atoms with Gasteiger partial charge in [0.2, 0.25) is 0 Å². The van der Waals surface area contributed by atoms with Crippen LogP contribution in [0.1, 0.15) is 85.3 Å². The number of hydrogen-bond donors (Lipinski definition) is 0. The van der Waals surface area contributed by atoms with Gasteiger partial charge in [-0.15, -0.1) is 0 Å². The van der Waals surface area contributed by atoms with Crippen LogP contribution in [0.25, 0.3) is 0 Å². The first-order valence-corrected chi connectivity index (χ1v) is 13.0. The molecule has 0 N–H and O–H groups in total. The quantitative estimate of drug-likeness (QED) is 0.268. The largest absolute Gasteiger partial charge is 0.491 e. The summed E-state index contributed by atoms with van der Waals surface area (Å²) in [5.74, 6) is 2.39. The molecule has 0 saturated heterocycles. The summed E-state index contributed by atoms with van der Waals surface area (Å²) in [5.41, 5.74) is 3.30. The Balaban J connectivity index is 1.62. The molecule has 0 fully saturated rings. The molecule has 0 aromatic heterocycles. The average molecular weight is 453 g/mol. The number of hydrogen-bond acceptors (Lipinski definition) is 2. The topological polar surface area (TPSA) is 18.5 Å². The molecule has 0 amide bonds. The minimum absolute atomic E-state index is 0.162. The molecule has 2 atom stereocenters. The van der Waals surface area contributed by atoms with Gasteiger partial charge < -0.3 is 9.47 Å². The molecule has 0 spiro atoms. The second-order valence-electron chi connectivity index (χ2n) is 11.6. The summed E-state index contributed by atoms with van der Waals surface area (Å²) >= 11 is 0. The van der Waals surface area contributed by atoms with Crippen LogP contribution in [0.2, 0.25) is 0 Å².